The van der Waals surface area contributed by atoms with Crippen molar-refractivity contribution in [1.82, 2.24) is 10.4 Å². The zero-order chi connectivity index (χ0) is 21.5. The first-order valence-corrected chi connectivity index (χ1v) is 11.8. The van der Waals surface area contributed by atoms with Crippen molar-refractivity contribution in [1.29, 1.82) is 0 Å². The largest absolute Gasteiger partial charge is 0.448 e. The highest BCUT2D eigenvalue weighted by molar-refractivity contribution is 7.99. The second-order valence-corrected chi connectivity index (χ2v) is 8.97. The van der Waals surface area contributed by atoms with Crippen LogP contribution in [0.2, 0.25) is 5.02 Å². The number of hydrogen-bond acceptors (Lipinski definition) is 6. The van der Waals surface area contributed by atoms with Crippen molar-refractivity contribution >= 4 is 58.1 Å². The van der Waals surface area contributed by atoms with Crippen molar-refractivity contribution in [2.24, 2.45) is 5.10 Å². The molecule has 156 valence electrons. The maximum absolute atomic E-state index is 11.9. The fourth-order valence-corrected chi connectivity index (χ4v) is 4.58. The van der Waals surface area contributed by atoms with Gasteiger partial charge in [-0.3, -0.25) is 9.78 Å². The number of hydrogen-bond donors (Lipinski definition) is 1. The van der Waals surface area contributed by atoms with E-state index in [2.05, 4.69) is 15.5 Å². The molecular weight excluding hydrogens is 450 g/mol. The summed E-state index contributed by atoms with van der Waals surface area (Å²) in [4.78, 5) is 17.4. The second kappa shape index (κ2) is 10.5. The summed E-state index contributed by atoms with van der Waals surface area (Å²) in [6.07, 6.45) is 3.27. The average molecular weight is 468 g/mol. The summed E-state index contributed by atoms with van der Waals surface area (Å²) in [6, 6.07) is 21.3. The molecule has 2 aromatic heterocycles. The molecule has 2 heterocycles. The van der Waals surface area contributed by atoms with Crippen molar-refractivity contribution in [3.05, 3.63) is 89.3 Å². The van der Waals surface area contributed by atoms with Crippen LogP contribution >= 0.6 is 35.1 Å². The molecule has 0 aliphatic rings. The van der Waals surface area contributed by atoms with Gasteiger partial charge in [-0.05, 0) is 53.7 Å². The van der Waals surface area contributed by atoms with E-state index >= 15 is 0 Å². The fourth-order valence-electron chi connectivity index (χ4n) is 2.77. The average Bonchev–Trinajstić information content (AvgIpc) is 3.23. The maximum atomic E-state index is 11.9. The first-order valence-electron chi connectivity index (χ1n) is 9.43. The summed E-state index contributed by atoms with van der Waals surface area (Å²) in [7, 11) is 0. The molecule has 4 aromatic rings. The Kier molecular flexibility index (Phi) is 7.30. The molecule has 1 amide bonds. The van der Waals surface area contributed by atoms with Gasteiger partial charge >= 0.3 is 0 Å². The van der Waals surface area contributed by atoms with E-state index < -0.39 is 0 Å². The number of furan rings is 1. The molecule has 0 saturated carbocycles. The van der Waals surface area contributed by atoms with E-state index in [-0.39, 0.29) is 5.91 Å². The molecule has 0 radical (unpaired) electrons. The quantitative estimate of drug-likeness (QED) is 0.253. The minimum absolute atomic E-state index is 0.168. The van der Waals surface area contributed by atoms with Gasteiger partial charge in [-0.15, -0.1) is 11.8 Å². The molecule has 0 fully saturated rings. The lowest BCUT2D eigenvalue weighted by Crippen LogP contribution is -2.19. The van der Waals surface area contributed by atoms with Crippen LogP contribution in [0.3, 0.4) is 0 Å². The number of carbonyl (C=O) groups is 1. The number of amides is 1. The zero-order valence-corrected chi connectivity index (χ0v) is 18.7. The molecule has 31 heavy (non-hydrogen) atoms. The number of aromatic nitrogens is 1. The molecule has 0 unspecified atom stereocenters. The molecule has 0 bridgehead atoms. The van der Waals surface area contributed by atoms with Gasteiger partial charge in [0.05, 0.1) is 17.5 Å². The van der Waals surface area contributed by atoms with Crippen LogP contribution < -0.4 is 5.43 Å². The van der Waals surface area contributed by atoms with Crippen LogP contribution in [0.5, 0.6) is 0 Å². The first kappa shape index (κ1) is 21.5. The third-order valence-corrected chi connectivity index (χ3v) is 6.43. The maximum Gasteiger partial charge on any atom is 0.250 e. The molecule has 0 aliphatic carbocycles. The third-order valence-electron chi connectivity index (χ3n) is 4.20. The standard InChI is InChI=1S/C23H18ClN3O2S2/c24-18-8-6-16(7-9-18)14-30-15-21(28)27-26-13-19-10-11-22(29-19)31-20-5-1-3-17-4-2-12-25-23(17)20/h1-13H,14-15H2,(H,27,28)/b26-13+. The van der Waals surface area contributed by atoms with E-state index in [9.17, 15) is 4.79 Å². The highest BCUT2D eigenvalue weighted by atomic mass is 35.5. The highest BCUT2D eigenvalue weighted by Gasteiger charge is 2.07. The topological polar surface area (TPSA) is 67.5 Å². The Labute approximate surface area is 193 Å². The third kappa shape index (κ3) is 6.13. The van der Waals surface area contributed by atoms with E-state index in [1.54, 1.807) is 6.20 Å². The van der Waals surface area contributed by atoms with Crippen molar-refractivity contribution in [3.63, 3.8) is 0 Å². The fraction of sp³-hybridized carbons (Fsp3) is 0.0870. The van der Waals surface area contributed by atoms with Crippen LogP contribution in [0.15, 0.2) is 92.4 Å². The summed E-state index contributed by atoms with van der Waals surface area (Å²) in [5.41, 5.74) is 4.57. The molecule has 0 spiro atoms. The van der Waals surface area contributed by atoms with Crippen LogP contribution in [-0.4, -0.2) is 22.9 Å². The Bertz CT molecular complexity index is 1200. The predicted octanol–water partition coefficient (Wildman–Crippen LogP) is 6.02. The van der Waals surface area contributed by atoms with Gasteiger partial charge in [0.2, 0.25) is 5.91 Å². The van der Waals surface area contributed by atoms with Crippen molar-refractivity contribution < 1.29 is 9.21 Å². The number of nitrogens with zero attached hydrogens (tertiary/aromatic N) is 2. The van der Waals surface area contributed by atoms with E-state index in [1.165, 1.54) is 29.7 Å². The lowest BCUT2D eigenvalue weighted by molar-refractivity contribution is -0.118. The number of benzene rings is 2. The van der Waals surface area contributed by atoms with Crippen molar-refractivity contribution in [3.8, 4) is 0 Å². The van der Waals surface area contributed by atoms with Gasteiger partial charge in [-0.2, -0.15) is 5.10 Å². The summed E-state index contributed by atoms with van der Waals surface area (Å²) < 4.78 is 5.79. The molecule has 5 nitrogen and oxygen atoms in total. The second-order valence-electron chi connectivity index (χ2n) is 6.50. The van der Waals surface area contributed by atoms with Crippen LogP contribution in [0, 0.1) is 0 Å². The molecule has 0 aliphatic heterocycles. The Morgan fingerprint density at radius 3 is 2.81 bits per heavy atom. The van der Waals surface area contributed by atoms with Gasteiger partial charge in [0.25, 0.3) is 0 Å². The van der Waals surface area contributed by atoms with E-state index in [0.717, 1.165) is 32.2 Å². The minimum atomic E-state index is -0.168. The molecule has 1 N–H and O–H groups in total. The molecule has 8 heteroatoms. The van der Waals surface area contributed by atoms with Gasteiger partial charge in [0.1, 0.15) is 5.76 Å². The normalized spacial score (nSPS) is 11.3. The number of hydrazone groups is 1. The van der Waals surface area contributed by atoms with Gasteiger partial charge in [-0.25, -0.2) is 5.43 Å². The Morgan fingerprint density at radius 2 is 1.94 bits per heavy atom. The van der Waals surface area contributed by atoms with Crippen LogP contribution in [0.4, 0.5) is 0 Å². The minimum Gasteiger partial charge on any atom is -0.448 e. The van der Waals surface area contributed by atoms with Gasteiger partial charge in [0, 0.05) is 27.3 Å². The molecule has 2 aromatic carbocycles. The number of thioether (sulfide) groups is 1. The SMILES string of the molecule is O=C(CSCc1ccc(Cl)cc1)N/N=C/c1ccc(Sc2cccc3cccnc23)o1. The van der Waals surface area contributed by atoms with Crippen molar-refractivity contribution in [2.75, 3.05) is 5.75 Å². The Balaban J connectivity index is 1.26. The van der Waals surface area contributed by atoms with Crippen LogP contribution in [0.25, 0.3) is 10.9 Å². The number of pyridine rings is 1. The smallest absolute Gasteiger partial charge is 0.250 e. The van der Waals surface area contributed by atoms with Crippen molar-refractivity contribution in [2.45, 2.75) is 15.7 Å². The predicted molar refractivity (Wildman–Crippen MR) is 128 cm³/mol. The van der Waals surface area contributed by atoms with Gasteiger partial charge < -0.3 is 4.42 Å². The summed E-state index contributed by atoms with van der Waals surface area (Å²) in [5, 5.41) is 6.49. The van der Waals surface area contributed by atoms with Gasteiger partial charge in [0.15, 0.2) is 5.09 Å². The summed E-state index contributed by atoms with van der Waals surface area (Å²) in [6.45, 7) is 0. The number of para-hydroxylation sites is 1. The van der Waals surface area contributed by atoms with E-state index in [4.69, 9.17) is 16.0 Å². The molecule has 4 rings (SSSR count). The Morgan fingerprint density at radius 1 is 1.10 bits per heavy atom. The van der Waals surface area contributed by atoms with E-state index in [0.29, 0.717) is 16.5 Å². The van der Waals surface area contributed by atoms with Crippen LogP contribution in [0.1, 0.15) is 11.3 Å². The number of carbonyl (C=O) groups excluding carboxylic acids is 1. The number of rotatable bonds is 8. The molecule has 0 saturated heterocycles. The zero-order valence-electron chi connectivity index (χ0n) is 16.3. The number of halogens is 1. The summed E-state index contributed by atoms with van der Waals surface area (Å²) >= 11 is 8.88. The van der Waals surface area contributed by atoms with E-state index in [1.807, 2.05) is 66.7 Å². The number of nitrogens with one attached hydrogen (secondary N) is 1. The highest BCUT2D eigenvalue weighted by Crippen LogP contribution is 2.33. The lowest BCUT2D eigenvalue weighted by Gasteiger charge is -2.03. The van der Waals surface area contributed by atoms with Gasteiger partial charge in [-0.1, -0.05) is 41.9 Å². The molecular formula is C23H18ClN3O2S2. The summed E-state index contributed by atoms with van der Waals surface area (Å²) in [5.74, 6) is 1.44. The lowest BCUT2D eigenvalue weighted by atomic mass is 10.2. The van der Waals surface area contributed by atoms with Crippen LogP contribution in [-0.2, 0) is 10.5 Å². The first-order chi connectivity index (χ1) is 15.2. The Hall–Kier alpha value is -2.74. The monoisotopic (exact) mass is 467 g/mol. The molecule has 0 atom stereocenters. The number of fused-ring (bicyclic) bond motifs is 1.